The van der Waals surface area contributed by atoms with Crippen LogP contribution in [0.25, 0.3) is 10.8 Å². The van der Waals surface area contributed by atoms with Crippen LogP contribution in [0.15, 0.2) is 71.9 Å². The molecule has 0 aliphatic carbocycles. The zero-order valence-electron chi connectivity index (χ0n) is 13.9. The maximum Gasteiger partial charge on any atom is 0.208 e. The van der Waals surface area contributed by atoms with Crippen LogP contribution >= 0.6 is 23.4 Å². The second kappa shape index (κ2) is 7.81. The van der Waals surface area contributed by atoms with E-state index in [1.54, 1.807) is 23.9 Å². The predicted octanol–water partition coefficient (Wildman–Crippen LogP) is 5.48. The summed E-state index contributed by atoms with van der Waals surface area (Å²) in [7, 11) is 0. The van der Waals surface area contributed by atoms with Gasteiger partial charge in [-0.2, -0.15) is 0 Å². The largest absolute Gasteiger partial charge is 0.486 e. The number of hydrogen-bond donors (Lipinski definition) is 1. The third-order valence-electron chi connectivity index (χ3n) is 3.94. The lowest BCUT2D eigenvalue weighted by Gasteiger charge is -2.04. The molecule has 0 fully saturated rings. The number of rotatable bonds is 6. The van der Waals surface area contributed by atoms with Gasteiger partial charge in [-0.05, 0) is 40.6 Å². The molecule has 0 saturated heterocycles. The van der Waals surface area contributed by atoms with E-state index in [1.807, 2.05) is 12.1 Å². The number of benzene rings is 3. The van der Waals surface area contributed by atoms with Gasteiger partial charge in [0.15, 0.2) is 5.82 Å². The first-order valence-corrected chi connectivity index (χ1v) is 9.53. The van der Waals surface area contributed by atoms with Crippen LogP contribution in [0.1, 0.15) is 11.4 Å². The van der Waals surface area contributed by atoms with Crippen LogP contribution < -0.4 is 4.74 Å². The van der Waals surface area contributed by atoms with E-state index in [9.17, 15) is 0 Å². The van der Waals surface area contributed by atoms with Crippen molar-refractivity contribution in [3.8, 4) is 5.75 Å². The Labute approximate surface area is 160 Å². The van der Waals surface area contributed by atoms with Crippen LogP contribution in [0.2, 0.25) is 5.02 Å². The van der Waals surface area contributed by atoms with Crippen molar-refractivity contribution in [2.75, 3.05) is 0 Å². The van der Waals surface area contributed by atoms with E-state index in [0.29, 0.717) is 22.6 Å². The zero-order valence-corrected chi connectivity index (χ0v) is 15.4. The highest BCUT2D eigenvalue weighted by molar-refractivity contribution is 7.98. The molecule has 3 aromatic carbocycles. The van der Waals surface area contributed by atoms with Gasteiger partial charge in [-0.25, -0.2) is 4.98 Å². The van der Waals surface area contributed by atoms with E-state index < -0.39 is 0 Å². The molecule has 4 rings (SSSR count). The van der Waals surface area contributed by atoms with Crippen LogP contribution in [0.4, 0.5) is 0 Å². The predicted molar refractivity (Wildman–Crippen MR) is 106 cm³/mol. The molecule has 1 N–H and O–H groups in total. The summed E-state index contributed by atoms with van der Waals surface area (Å²) in [4.78, 5) is 4.48. The average molecular weight is 382 g/mol. The normalized spacial score (nSPS) is 11.0. The minimum absolute atomic E-state index is 0.337. The number of fused-ring (bicyclic) bond motifs is 1. The standard InChI is InChI=1S/C20H16ClN3OS/c21-16-8-10-17(11-9-16)25-12-19-22-20(24-23-19)26-13-15-6-3-5-14-4-1-2-7-18(14)15/h1-11H,12-13H2,(H,22,23,24). The van der Waals surface area contributed by atoms with Crippen molar-refractivity contribution in [2.45, 2.75) is 17.5 Å². The quantitative estimate of drug-likeness (QED) is 0.449. The van der Waals surface area contributed by atoms with E-state index >= 15 is 0 Å². The zero-order chi connectivity index (χ0) is 17.8. The minimum Gasteiger partial charge on any atom is -0.486 e. The van der Waals surface area contributed by atoms with Crippen molar-refractivity contribution < 1.29 is 4.74 Å². The number of halogens is 1. The Morgan fingerprint density at radius 3 is 2.65 bits per heavy atom. The molecule has 6 heteroatoms. The van der Waals surface area contributed by atoms with Gasteiger partial charge in [-0.15, -0.1) is 5.10 Å². The monoisotopic (exact) mass is 381 g/mol. The fraction of sp³-hybridized carbons (Fsp3) is 0.100. The minimum atomic E-state index is 0.337. The van der Waals surface area contributed by atoms with Gasteiger partial charge < -0.3 is 4.74 Å². The first kappa shape index (κ1) is 16.9. The SMILES string of the molecule is Clc1ccc(OCc2nc(SCc3cccc4ccccc34)n[nH]2)cc1. The fourth-order valence-corrected chi connectivity index (χ4v) is 3.60. The molecule has 4 aromatic rings. The van der Waals surface area contributed by atoms with Gasteiger partial charge in [-0.3, -0.25) is 5.10 Å². The molecule has 0 saturated carbocycles. The van der Waals surface area contributed by atoms with Crippen LogP contribution in [-0.2, 0) is 12.4 Å². The topological polar surface area (TPSA) is 50.8 Å². The number of hydrogen-bond acceptors (Lipinski definition) is 4. The van der Waals surface area contributed by atoms with E-state index in [4.69, 9.17) is 16.3 Å². The lowest BCUT2D eigenvalue weighted by molar-refractivity contribution is 0.296. The molecule has 0 radical (unpaired) electrons. The molecule has 130 valence electrons. The molecule has 1 heterocycles. The molecule has 0 bridgehead atoms. The van der Waals surface area contributed by atoms with Gasteiger partial charge in [-0.1, -0.05) is 65.8 Å². The van der Waals surface area contributed by atoms with E-state index in [0.717, 1.165) is 11.5 Å². The first-order chi connectivity index (χ1) is 12.8. The number of H-pyrrole nitrogens is 1. The van der Waals surface area contributed by atoms with E-state index in [-0.39, 0.29) is 0 Å². The Morgan fingerprint density at radius 1 is 0.962 bits per heavy atom. The maximum absolute atomic E-state index is 5.87. The van der Waals surface area contributed by atoms with Gasteiger partial charge in [0.25, 0.3) is 0 Å². The second-order valence-corrected chi connectivity index (χ2v) is 7.11. The van der Waals surface area contributed by atoms with Gasteiger partial charge in [0.05, 0.1) is 0 Å². The summed E-state index contributed by atoms with van der Waals surface area (Å²) in [5.41, 5.74) is 1.27. The highest BCUT2D eigenvalue weighted by Crippen LogP contribution is 2.25. The van der Waals surface area contributed by atoms with Gasteiger partial charge in [0.1, 0.15) is 12.4 Å². The van der Waals surface area contributed by atoms with Crippen molar-refractivity contribution in [2.24, 2.45) is 0 Å². The van der Waals surface area contributed by atoms with Gasteiger partial charge in [0, 0.05) is 10.8 Å². The molecular weight excluding hydrogens is 366 g/mol. The smallest absolute Gasteiger partial charge is 0.208 e. The molecule has 0 amide bonds. The van der Waals surface area contributed by atoms with Crippen LogP contribution in [0.5, 0.6) is 5.75 Å². The molecule has 0 atom stereocenters. The number of nitrogens with zero attached hydrogens (tertiary/aromatic N) is 2. The van der Waals surface area contributed by atoms with Crippen molar-refractivity contribution in [1.29, 1.82) is 0 Å². The Bertz CT molecular complexity index is 1010. The van der Waals surface area contributed by atoms with Crippen molar-refractivity contribution in [1.82, 2.24) is 15.2 Å². The van der Waals surface area contributed by atoms with Crippen molar-refractivity contribution >= 4 is 34.1 Å². The lowest BCUT2D eigenvalue weighted by atomic mass is 10.1. The van der Waals surface area contributed by atoms with Crippen LogP contribution in [-0.4, -0.2) is 15.2 Å². The molecule has 0 spiro atoms. The van der Waals surface area contributed by atoms with Crippen LogP contribution in [0.3, 0.4) is 0 Å². The molecule has 0 aliphatic heterocycles. The second-order valence-electron chi connectivity index (χ2n) is 5.73. The van der Waals surface area contributed by atoms with E-state index in [2.05, 4.69) is 57.6 Å². The van der Waals surface area contributed by atoms with Crippen molar-refractivity contribution in [3.05, 3.63) is 83.1 Å². The Morgan fingerprint density at radius 2 is 1.77 bits per heavy atom. The molecule has 0 unspecified atom stereocenters. The summed E-state index contributed by atoms with van der Waals surface area (Å²) < 4.78 is 5.68. The first-order valence-electron chi connectivity index (χ1n) is 8.17. The highest BCUT2D eigenvalue weighted by Gasteiger charge is 2.07. The fourth-order valence-electron chi connectivity index (χ4n) is 2.65. The highest BCUT2D eigenvalue weighted by atomic mass is 35.5. The van der Waals surface area contributed by atoms with Gasteiger partial charge >= 0.3 is 0 Å². The number of aromatic nitrogens is 3. The Hall–Kier alpha value is -2.50. The third-order valence-corrected chi connectivity index (χ3v) is 5.09. The third kappa shape index (κ3) is 4.00. The maximum atomic E-state index is 5.87. The molecule has 26 heavy (non-hydrogen) atoms. The summed E-state index contributed by atoms with van der Waals surface area (Å²) >= 11 is 7.47. The van der Waals surface area contributed by atoms with Crippen LogP contribution in [0, 0.1) is 0 Å². The number of nitrogens with one attached hydrogen (secondary N) is 1. The average Bonchev–Trinajstić information content (AvgIpc) is 3.14. The Balaban J connectivity index is 1.38. The number of aromatic amines is 1. The molecule has 0 aliphatic rings. The molecule has 1 aromatic heterocycles. The lowest BCUT2D eigenvalue weighted by Crippen LogP contribution is -1.97. The summed E-state index contributed by atoms with van der Waals surface area (Å²) in [5, 5.41) is 11.1. The van der Waals surface area contributed by atoms with E-state index in [1.165, 1.54) is 16.3 Å². The number of ether oxygens (including phenoxy) is 1. The van der Waals surface area contributed by atoms with Crippen molar-refractivity contribution in [3.63, 3.8) is 0 Å². The number of thioether (sulfide) groups is 1. The Kier molecular flexibility index (Phi) is 5.09. The van der Waals surface area contributed by atoms with Gasteiger partial charge in [0.2, 0.25) is 5.16 Å². The summed E-state index contributed by atoms with van der Waals surface area (Å²) in [5.74, 6) is 2.26. The molecular formula is C20H16ClN3OS. The molecule has 4 nitrogen and oxygen atoms in total. The summed E-state index contributed by atoms with van der Waals surface area (Å²) in [6.07, 6.45) is 0. The summed E-state index contributed by atoms with van der Waals surface area (Å²) in [6.45, 7) is 0.337. The summed E-state index contributed by atoms with van der Waals surface area (Å²) in [6, 6.07) is 22.0.